The van der Waals surface area contributed by atoms with Gasteiger partial charge in [-0.2, -0.15) is 0 Å². The van der Waals surface area contributed by atoms with Gasteiger partial charge >= 0.3 is 0 Å². The lowest BCUT2D eigenvalue weighted by Crippen LogP contribution is -2.32. The highest BCUT2D eigenvalue weighted by Gasteiger charge is 2.19. The molecule has 0 bridgehead atoms. The second-order valence-corrected chi connectivity index (χ2v) is 7.08. The van der Waals surface area contributed by atoms with Crippen molar-refractivity contribution < 1.29 is 9.21 Å². The fourth-order valence-electron chi connectivity index (χ4n) is 2.87. The predicted molar refractivity (Wildman–Crippen MR) is 95.6 cm³/mol. The summed E-state index contributed by atoms with van der Waals surface area (Å²) in [4.78, 5) is 23.1. The van der Waals surface area contributed by atoms with E-state index < -0.39 is 0 Å². The highest BCUT2D eigenvalue weighted by Crippen LogP contribution is 2.31. The van der Waals surface area contributed by atoms with Crippen molar-refractivity contribution in [1.82, 2.24) is 15.3 Å². The summed E-state index contributed by atoms with van der Waals surface area (Å²) < 4.78 is 5.33. The van der Waals surface area contributed by atoms with Crippen LogP contribution in [0.25, 0.3) is 10.2 Å². The fourth-order valence-corrected chi connectivity index (χ4v) is 4.05. The molecule has 0 spiro atoms. The fraction of sp³-hybridized carbons (Fsp3) is 0.389. The van der Waals surface area contributed by atoms with E-state index in [-0.39, 0.29) is 11.9 Å². The summed E-state index contributed by atoms with van der Waals surface area (Å²) in [7, 11) is 0. The van der Waals surface area contributed by atoms with Crippen molar-refractivity contribution >= 4 is 27.5 Å². The van der Waals surface area contributed by atoms with Crippen LogP contribution in [-0.2, 0) is 6.42 Å². The van der Waals surface area contributed by atoms with Crippen LogP contribution >= 0.6 is 11.3 Å². The third-order valence-electron chi connectivity index (χ3n) is 4.07. The number of aromatic nitrogens is 2. The molecule has 0 aromatic carbocycles. The Kier molecular flexibility index (Phi) is 4.66. The zero-order chi connectivity index (χ0) is 17.3. The minimum absolute atomic E-state index is 0.0421. The molecule has 5 nitrogen and oxygen atoms in total. The topological polar surface area (TPSA) is 68.0 Å². The zero-order valence-corrected chi connectivity index (χ0v) is 15.2. The van der Waals surface area contributed by atoms with Crippen molar-refractivity contribution in [3.8, 4) is 0 Å². The Morgan fingerprint density at radius 3 is 2.83 bits per heavy atom. The molecule has 0 saturated carbocycles. The van der Waals surface area contributed by atoms with Gasteiger partial charge in [0.15, 0.2) is 0 Å². The summed E-state index contributed by atoms with van der Waals surface area (Å²) in [6.45, 7) is 7.81. The normalized spacial score (nSPS) is 12.5. The lowest BCUT2D eigenvalue weighted by molar-refractivity contribution is 0.0941. The van der Waals surface area contributed by atoms with Crippen molar-refractivity contribution in [2.45, 2.75) is 46.6 Å². The van der Waals surface area contributed by atoms with E-state index >= 15 is 0 Å². The monoisotopic (exact) mass is 343 g/mol. The quantitative estimate of drug-likeness (QED) is 0.761. The molecule has 0 aliphatic rings. The molecule has 1 atom stereocenters. The van der Waals surface area contributed by atoms with Crippen molar-refractivity contribution in [3.05, 3.63) is 46.1 Å². The van der Waals surface area contributed by atoms with Crippen LogP contribution in [0.2, 0.25) is 0 Å². The van der Waals surface area contributed by atoms with Gasteiger partial charge in [-0.3, -0.25) is 4.79 Å². The average Bonchev–Trinajstić information content (AvgIpc) is 3.13. The summed E-state index contributed by atoms with van der Waals surface area (Å²) in [6, 6.07) is 3.90. The van der Waals surface area contributed by atoms with Crippen LogP contribution in [0.4, 0.5) is 0 Å². The molecule has 0 fully saturated rings. The molecule has 6 heteroatoms. The smallest absolute Gasteiger partial charge is 0.261 e. The Morgan fingerprint density at radius 1 is 1.33 bits per heavy atom. The molecule has 3 aromatic heterocycles. The number of fused-ring (bicyclic) bond motifs is 1. The van der Waals surface area contributed by atoms with Gasteiger partial charge in [0.25, 0.3) is 5.91 Å². The first kappa shape index (κ1) is 16.6. The SMILES string of the molecule is Cc1nc(C)c2c(C)c(C(=O)N[C@H](C)CCc3ccco3)sc2n1. The second kappa shape index (κ2) is 6.73. The first-order valence-electron chi connectivity index (χ1n) is 8.03. The summed E-state index contributed by atoms with van der Waals surface area (Å²) in [5.74, 6) is 1.63. The molecular formula is C18H21N3O2S. The third-order valence-corrected chi connectivity index (χ3v) is 5.25. The molecule has 1 N–H and O–H groups in total. The third kappa shape index (κ3) is 3.33. The molecule has 3 aromatic rings. The molecule has 3 heterocycles. The summed E-state index contributed by atoms with van der Waals surface area (Å²) >= 11 is 1.44. The maximum absolute atomic E-state index is 12.6. The average molecular weight is 343 g/mol. The van der Waals surface area contributed by atoms with E-state index in [2.05, 4.69) is 15.3 Å². The van der Waals surface area contributed by atoms with Gasteiger partial charge in [-0.1, -0.05) is 0 Å². The molecule has 24 heavy (non-hydrogen) atoms. The van der Waals surface area contributed by atoms with Crippen molar-refractivity contribution in [1.29, 1.82) is 0 Å². The Morgan fingerprint density at radius 2 is 2.12 bits per heavy atom. The zero-order valence-electron chi connectivity index (χ0n) is 14.3. The first-order valence-corrected chi connectivity index (χ1v) is 8.85. The number of hydrogen-bond acceptors (Lipinski definition) is 5. The predicted octanol–water partition coefficient (Wildman–Crippen LogP) is 3.96. The lowest BCUT2D eigenvalue weighted by atomic mass is 10.1. The van der Waals surface area contributed by atoms with Gasteiger partial charge in [0.2, 0.25) is 0 Å². The van der Waals surface area contributed by atoms with Crippen LogP contribution in [0, 0.1) is 20.8 Å². The molecule has 0 saturated heterocycles. The molecular weight excluding hydrogens is 322 g/mol. The van der Waals surface area contributed by atoms with E-state index in [0.29, 0.717) is 0 Å². The number of nitrogens with one attached hydrogen (secondary N) is 1. The van der Waals surface area contributed by atoms with Gasteiger partial charge in [-0.15, -0.1) is 11.3 Å². The summed E-state index contributed by atoms with van der Waals surface area (Å²) in [6.07, 6.45) is 3.31. The molecule has 126 valence electrons. The number of nitrogens with zero attached hydrogens (tertiary/aromatic N) is 2. The van der Waals surface area contributed by atoms with Crippen LogP contribution in [0.3, 0.4) is 0 Å². The molecule has 0 aliphatic heterocycles. The Hall–Kier alpha value is -2.21. The highest BCUT2D eigenvalue weighted by atomic mass is 32.1. The highest BCUT2D eigenvalue weighted by molar-refractivity contribution is 7.20. The minimum Gasteiger partial charge on any atom is -0.469 e. The van der Waals surface area contributed by atoms with Crippen LogP contribution < -0.4 is 5.32 Å². The maximum atomic E-state index is 12.6. The molecule has 0 aliphatic carbocycles. The second-order valence-electron chi connectivity index (χ2n) is 6.09. The number of carbonyl (C=O) groups is 1. The number of aryl methyl sites for hydroxylation is 4. The minimum atomic E-state index is -0.0421. The number of furan rings is 1. The van der Waals surface area contributed by atoms with Crippen molar-refractivity contribution in [2.75, 3.05) is 0 Å². The van der Waals surface area contributed by atoms with Crippen LogP contribution in [0.15, 0.2) is 22.8 Å². The van der Waals surface area contributed by atoms with Crippen LogP contribution in [0.1, 0.15) is 45.9 Å². The van der Waals surface area contributed by atoms with Gasteiger partial charge in [0, 0.05) is 23.5 Å². The van der Waals surface area contributed by atoms with Gasteiger partial charge in [-0.25, -0.2) is 9.97 Å². The summed E-state index contributed by atoms with van der Waals surface area (Å²) in [5, 5.41) is 4.08. The standard InChI is InChI=1S/C18H21N3O2S/c1-10(7-8-14-6-5-9-23-14)19-17(22)16-11(2)15-12(3)20-13(4)21-18(15)24-16/h5-6,9-10H,7-8H2,1-4H3,(H,19,22)/t10-/m1/s1. The lowest BCUT2D eigenvalue weighted by Gasteiger charge is -2.12. The molecule has 0 radical (unpaired) electrons. The molecule has 0 unspecified atom stereocenters. The van der Waals surface area contributed by atoms with Crippen molar-refractivity contribution in [2.24, 2.45) is 0 Å². The number of thiophene rings is 1. The Labute approximate surface area is 145 Å². The number of hydrogen-bond donors (Lipinski definition) is 1. The van der Waals surface area contributed by atoms with Gasteiger partial charge in [0.1, 0.15) is 16.4 Å². The van der Waals surface area contributed by atoms with E-state index in [1.807, 2.05) is 39.8 Å². The number of amides is 1. The van der Waals surface area contributed by atoms with E-state index in [4.69, 9.17) is 4.42 Å². The first-order chi connectivity index (χ1) is 11.5. The van der Waals surface area contributed by atoms with Crippen LogP contribution in [-0.4, -0.2) is 21.9 Å². The molecule has 1 amide bonds. The number of carbonyl (C=O) groups excluding carboxylic acids is 1. The summed E-state index contributed by atoms with van der Waals surface area (Å²) in [5.41, 5.74) is 1.89. The Bertz CT molecular complexity index is 868. The van der Waals surface area contributed by atoms with E-state index in [1.165, 1.54) is 11.3 Å². The van der Waals surface area contributed by atoms with Gasteiger partial charge in [-0.05, 0) is 51.8 Å². The van der Waals surface area contributed by atoms with Crippen molar-refractivity contribution in [3.63, 3.8) is 0 Å². The van der Waals surface area contributed by atoms with Gasteiger partial charge < -0.3 is 9.73 Å². The van der Waals surface area contributed by atoms with E-state index in [0.717, 1.165) is 50.8 Å². The van der Waals surface area contributed by atoms with E-state index in [1.54, 1.807) is 6.26 Å². The molecule has 3 rings (SSSR count). The van der Waals surface area contributed by atoms with Gasteiger partial charge in [0.05, 0.1) is 11.1 Å². The van der Waals surface area contributed by atoms with Crippen LogP contribution in [0.5, 0.6) is 0 Å². The largest absolute Gasteiger partial charge is 0.469 e. The van der Waals surface area contributed by atoms with E-state index in [9.17, 15) is 4.79 Å². The maximum Gasteiger partial charge on any atom is 0.261 e. The number of rotatable bonds is 5. The Balaban J connectivity index is 1.74.